The van der Waals surface area contributed by atoms with Gasteiger partial charge in [-0.1, -0.05) is 61.5 Å². The first kappa shape index (κ1) is 29.9. The van der Waals surface area contributed by atoms with Crippen molar-refractivity contribution in [3.8, 4) is 11.5 Å². The Hall–Kier alpha value is -4.05. The second kappa shape index (κ2) is 13.1. The van der Waals surface area contributed by atoms with E-state index in [0.717, 1.165) is 33.7 Å². The lowest BCUT2D eigenvalue weighted by atomic mass is 10.0. The molecule has 0 fully saturated rings. The number of aryl methyl sites for hydroxylation is 1. The first-order valence-corrected chi connectivity index (χ1v) is 15.5. The molecule has 9 nitrogen and oxygen atoms in total. The molecule has 0 aromatic heterocycles. The normalized spacial score (nSPS) is 13.8. The minimum atomic E-state index is -3.88. The van der Waals surface area contributed by atoms with Crippen molar-refractivity contribution in [3.63, 3.8) is 0 Å². The lowest BCUT2D eigenvalue weighted by Gasteiger charge is -2.34. The second-order valence-electron chi connectivity index (χ2n) is 10.3. The predicted molar refractivity (Wildman–Crippen MR) is 158 cm³/mol. The lowest BCUT2D eigenvalue weighted by molar-refractivity contribution is -0.140. The van der Waals surface area contributed by atoms with Crippen LogP contribution in [0.5, 0.6) is 11.5 Å². The molecule has 41 heavy (non-hydrogen) atoms. The number of nitrogens with one attached hydrogen (secondary N) is 1. The van der Waals surface area contributed by atoms with Crippen molar-refractivity contribution in [1.82, 2.24) is 10.2 Å². The maximum Gasteiger partial charge on any atom is 0.244 e. The van der Waals surface area contributed by atoms with E-state index < -0.39 is 28.5 Å². The quantitative estimate of drug-likeness (QED) is 0.347. The summed E-state index contributed by atoms with van der Waals surface area (Å²) in [5, 5.41) is 3.03. The monoisotopic (exact) mass is 579 g/mol. The molecule has 1 N–H and O–H groups in total. The summed E-state index contributed by atoms with van der Waals surface area (Å²) >= 11 is 0. The number of sulfonamides is 1. The van der Waals surface area contributed by atoms with Crippen LogP contribution in [0.4, 0.5) is 5.69 Å². The first-order valence-electron chi connectivity index (χ1n) is 13.6. The zero-order valence-corrected chi connectivity index (χ0v) is 24.7. The number of carbonyl (C=O) groups is 2. The van der Waals surface area contributed by atoms with Gasteiger partial charge in [-0.3, -0.25) is 13.9 Å². The van der Waals surface area contributed by atoms with E-state index >= 15 is 0 Å². The molecular formula is C31H37N3O6S. The summed E-state index contributed by atoms with van der Waals surface area (Å²) in [6.45, 7) is 5.51. The summed E-state index contributed by atoms with van der Waals surface area (Å²) in [7, 11) is -3.88. The van der Waals surface area contributed by atoms with Gasteiger partial charge < -0.3 is 19.7 Å². The molecular weight excluding hydrogens is 542 g/mol. The van der Waals surface area contributed by atoms with Gasteiger partial charge in [-0.05, 0) is 49.1 Å². The molecule has 2 atom stereocenters. The van der Waals surface area contributed by atoms with E-state index in [0.29, 0.717) is 11.5 Å². The van der Waals surface area contributed by atoms with Crippen LogP contribution in [0.3, 0.4) is 0 Å². The number of hydrogen-bond acceptors (Lipinski definition) is 6. The summed E-state index contributed by atoms with van der Waals surface area (Å²) in [4.78, 5) is 29.4. The molecule has 0 unspecified atom stereocenters. The van der Waals surface area contributed by atoms with Crippen LogP contribution in [0.2, 0.25) is 0 Å². The number of amides is 2. The van der Waals surface area contributed by atoms with E-state index in [9.17, 15) is 18.0 Å². The van der Waals surface area contributed by atoms with Crippen molar-refractivity contribution in [2.75, 3.05) is 23.9 Å². The SMILES string of the molecule is CC[C@@H](C)NC(=O)[C@@H](Cc1ccccc1)N(Cc1ccccc1C)C(=O)CN(c1ccc2c(c1)OCO2)S(C)(=O)=O. The Labute approximate surface area is 242 Å². The van der Waals surface area contributed by atoms with Gasteiger partial charge in [-0.15, -0.1) is 0 Å². The molecule has 0 radical (unpaired) electrons. The summed E-state index contributed by atoms with van der Waals surface area (Å²) < 4.78 is 37.8. The van der Waals surface area contributed by atoms with Crippen LogP contribution in [0.1, 0.15) is 37.0 Å². The zero-order valence-electron chi connectivity index (χ0n) is 23.9. The van der Waals surface area contributed by atoms with Crippen LogP contribution in [0.25, 0.3) is 0 Å². The molecule has 3 aromatic rings. The van der Waals surface area contributed by atoms with Gasteiger partial charge in [0.25, 0.3) is 0 Å². The Morgan fingerprint density at radius 2 is 1.66 bits per heavy atom. The molecule has 0 spiro atoms. The molecule has 2 amide bonds. The molecule has 4 rings (SSSR count). The Morgan fingerprint density at radius 3 is 2.34 bits per heavy atom. The summed E-state index contributed by atoms with van der Waals surface area (Å²) in [6.07, 6.45) is 2.04. The van der Waals surface area contributed by atoms with Crippen molar-refractivity contribution < 1.29 is 27.5 Å². The van der Waals surface area contributed by atoms with Crippen molar-refractivity contribution in [2.45, 2.75) is 52.2 Å². The largest absolute Gasteiger partial charge is 0.454 e. The molecule has 0 saturated heterocycles. The highest BCUT2D eigenvalue weighted by atomic mass is 32.2. The van der Waals surface area contributed by atoms with E-state index in [1.807, 2.05) is 75.4 Å². The summed E-state index contributed by atoms with van der Waals surface area (Å²) in [6, 6.07) is 20.9. The Morgan fingerprint density at radius 1 is 0.976 bits per heavy atom. The van der Waals surface area contributed by atoms with E-state index in [1.54, 1.807) is 18.2 Å². The molecule has 10 heteroatoms. The van der Waals surface area contributed by atoms with Crippen LogP contribution < -0.4 is 19.1 Å². The van der Waals surface area contributed by atoms with Gasteiger partial charge in [0.1, 0.15) is 12.6 Å². The fourth-order valence-electron chi connectivity index (χ4n) is 4.62. The molecule has 1 aliphatic rings. The molecule has 0 aliphatic carbocycles. The van der Waals surface area contributed by atoms with Gasteiger partial charge in [0, 0.05) is 25.1 Å². The van der Waals surface area contributed by atoms with Gasteiger partial charge >= 0.3 is 0 Å². The van der Waals surface area contributed by atoms with Gasteiger partial charge in [-0.25, -0.2) is 8.42 Å². The topological polar surface area (TPSA) is 105 Å². The van der Waals surface area contributed by atoms with Gasteiger partial charge in [0.15, 0.2) is 11.5 Å². The third-order valence-corrected chi connectivity index (χ3v) is 8.34. The molecule has 1 heterocycles. The maximum atomic E-state index is 14.2. The van der Waals surface area contributed by atoms with E-state index in [4.69, 9.17) is 9.47 Å². The highest BCUT2D eigenvalue weighted by Gasteiger charge is 2.34. The number of ether oxygens (including phenoxy) is 2. The zero-order chi connectivity index (χ0) is 29.6. The van der Waals surface area contributed by atoms with Gasteiger partial charge in [0.2, 0.25) is 28.6 Å². The number of benzene rings is 3. The third kappa shape index (κ3) is 7.58. The number of hydrogen-bond donors (Lipinski definition) is 1. The minimum absolute atomic E-state index is 0.0350. The molecule has 0 bridgehead atoms. The van der Waals surface area contributed by atoms with Crippen LogP contribution in [0.15, 0.2) is 72.8 Å². The maximum absolute atomic E-state index is 14.2. The Bertz CT molecular complexity index is 1480. The Balaban J connectivity index is 1.74. The van der Waals surface area contributed by atoms with E-state index in [1.165, 1.54) is 4.90 Å². The van der Waals surface area contributed by atoms with E-state index in [2.05, 4.69) is 5.32 Å². The average Bonchev–Trinajstić information content (AvgIpc) is 3.42. The highest BCUT2D eigenvalue weighted by Crippen LogP contribution is 2.36. The third-order valence-electron chi connectivity index (χ3n) is 7.20. The lowest BCUT2D eigenvalue weighted by Crippen LogP contribution is -2.54. The van der Waals surface area contributed by atoms with Crippen molar-refractivity contribution in [2.24, 2.45) is 0 Å². The molecule has 3 aromatic carbocycles. The Kier molecular flexibility index (Phi) is 9.54. The summed E-state index contributed by atoms with van der Waals surface area (Å²) in [5.74, 6) is 0.102. The first-order chi connectivity index (χ1) is 19.6. The highest BCUT2D eigenvalue weighted by molar-refractivity contribution is 7.92. The van der Waals surface area contributed by atoms with E-state index in [-0.39, 0.29) is 37.4 Å². The van der Waals surface area contributed by atoms with Crippen LogP contribution in [-0.4, -0.2) is 56.8 Å². The van der Waals surface area contributed by atoms with Crippen LogP contribution in [-0.2, 0) is 32.6 Å². The predicted octanol–water partition coefficient (Wildman–Crippen LogP) is 4.04. The van der Waals surface area contributed by atoms with Gasteiger partial charge in [0.05, 0.1) is 11.9 Å². The smallest absolute Gasteiger partial charge is 0.244 e. The number of fused-ring (bicyclic) bond motifs is 1. The van der Waals surface area contributed by atoms with Crippen molar-refractivity contribution in [3.05, 3.63) is 89.5 Å². The summed E-state index contributed by atoms with van der Waals surface area (Å²) in [5.41, 5.74) is 2.98. The van der Waals surface area contributed by atoms with Crippen LogP contribution in [0, 0.1) is 6.92 Å². The number of anilines is 1. The minimum Gasteiger partial charge on any atom is -0.454 e. The fraction of sp³-hybridized carbons (Fsp3) is 0.355. The number of carbonyl (C=O) groups excluding carboxylic acids is 2. The van der Waals surface area contributed by atoms with Crippen molar-refractivity contribution >= 4 is 27.5 Å². The van der Waals surface area contributed by atoms with Crippen molar-refractivity contribution in [1.29, 1.82) is 0 Å². The fourth-order valence-corrected chi connectivity index (χ4v) is 5.46. The van der Waals surface area contributed by atoms with Crippen LogP contribution >= 0.6 is 0 Å². The number of rotatable bonds is 12. The average molecular weight is 580 g/mol. The molecule has 0 saturated carbocycles. The van der Waals surface area contributed by atoms with Gasteiger partial charge in [-0.2, -0.15) is 0 Å². The second-order valence-corrected chi connectivity index (χ2v) is 12.2. The molecule has 218 valence electrons. The standard InChI is InChI=1S/C31H37N3O6S/c1-5-23(3)32-31(36)27(17-24-12-7-6-8-13-24)33(19-25-14-10-9-11-22(25)2)30(35)20-34(41(4,37)38)26-15-16-28-29(18-26)40-21-39-28/h6-16,18,23,27H,5,17,19-21H2,1-4H3,(H,32,36)/t23-,27-/m1/s1. The number of nitrogens with zero attached hydrogens (tertiary/aromatic N) is 2. The molecule has 1 aliphatic heterocycles.